The number of anilines is 2. The van der Waals surface area contributed by atoms with Gasteiger partial charge in [-0.2, -0.15) is 0 Å². The van der Waals surface area contributed by atoms with E-state index in [0.29, 0.717) is 37.6 Å². The second-order valence-corrected chi connectivity index (χ2v) is 9.97. The Labute approximate surface area is 243 Å². The summed E-state index contributed by atoms with van der Waals surface area (Å²) in [7, 11) is 0. The Morgan fingerprint density at radius 2 is 1.10 bits per heavy atom. The molecule has 12 heteroatoms. The Hall–Kier alpha value is -5.52. The van der Waals surface area contributed by atoms with Crippen molar-refractivity contribution in [3.05, 3.63) is 95.6 Å². The van der Waals surface area contributed by atoms with Crippen molar-refractivity contribution in [1.29, 1.82) is 10.8 Å². The molecule has 8 N–H and O–H groups in total. The third-order valence-electron chi connectivity index (χ3n) is 7.23. The highest BCUT2D eigenvalue weighted by Crippen LogP contribution is 2.25. The van der Waals surface area contributed by atoms with Crippen molar-refractivity contribution in [2.45, 2.75) is 12.8 Å². The van der Waals surface area contributed by atoms with Crippen molar-refractivity contribution in [3.63, 3.8) is 0 Å². The molecule has 42 heavy (non-hydrogen) atoms. The summed E-state index contributed by atoms with van der Waals surface area (Å²) in [5, 5.41) is 20.7. The minimum Gasteiger partial charge on any atom is -0.370 e. The summed E-state index contributed by atoms with van der Waals surface area (Å²) in [6.45, 7) is 2.57. The van der Waals surface area contributed by atoms with Crippen LogP contribution in [-0.2, 0) is 0 Å². The normalized spacial score (nSPS) is 14.9. The van der Waals surface area contributed by atoms with Gasteiger partial charge in [0.15, 0.2) is 11.9 Å². The lowest BCUT2D eigenvalue weighted by Gasteiger charge is -2.26. The highest BCUT2D eigenvalue weighted by atomic mass is 16.2. The minimum absolute atomic E-state index is 0.0187. The Kier molecular flexibility index (Phi) is 8.23. The molecule has 0 radical (unpaired) electrons. The summed E-state index contributed by atoms with van der Waals surface area (Å²) in [5.41, 5.74) is 16.7. The van der Waals surface area contributed by atoms with E-state index in [4.69, 9.17) is 22.3 Å². The highest BCUT2D eigenvalue weighted by molar-refractivity contribution is 6.06. The molecule has 0 bridgehead atoms. The summed E-state index contributed by atoms with van der Waals surface area (Å²) in [6.07, 6.45) is 8.29. The molecule has 0 spiro atoms. The van der Waals surface area contributed by atoms with Gasteiger partial charge in [0.25, 0.3) is 11.8 Å². The summed E-state index contributed by atoms with van der Waals surface area (Å²) in [4.78, 5) is 37.6. The number of hydrogen-bond acceptors (Lipinski definition) is 6. The lowest BCUT2D eigenvalue weighted by molar-refractivity contribution is 0.101. The number of hydrogen-bond donors (Lipinski definition) is 6. The Balaban J connectivity index is 1.18. The first-order valence-corrected chi connectivity index (χ1v) is 13.5. The third-order valence-corrected chi connectivity index (χ3v) is 7.23. The van der Waals surface area contributed by atoms with Crippen LogP contribution in [0.5, 0.6) is 0 Å². The van der Waals surface area contributed by atoms with E-state index < -0.39 is 11.8 Å². The molecule has 5 rings (SSSR count). The molecule has 3 heterocycles. The van der Waals surface area contributed by atoms with Gasteiger partial charge in [-0.25, -0.2) is 4.98 Å². The van der Waals surface area contributed by atoms with Gasteiger partial charge in [-0.15, -0.1) is 0 Å². The maximum Gasteiger partial charge on any atom is 0.275 e. The monoisotopic (exact) mass is 564 g/mol. The largest absolute Gasteiger partial charge is 0.370 e. The number of aromatic nitrogens is 2. The van der Waals surface area contributed by atoms with Crippen molar-refractivity contribution >= 4 is 46.3 Å². The number of carbonyl (C=O) groups excluding carboxylic acids is 2. The summed E-state index contributed by atoms with van der Waals surface area (Å²) < 4.78 is 0. The van der Waals surface area contributed by atoms with Gasteiger partial charge in [0.05, 0.1) is 12.4 Å². The average molecular weight is 565 g/mol. The van der Waals surface area contributed by atoms with Crippen LogP contribution in [0.2, 0.25) is 0 Å². The summed E-state index contributed by atoms with van der Waals surface area (Å²) in [6, 6.07) is 14.9. The van der Waals surface area contributed by atoms with Crippen LogP contribution in [-0.4, -0.2) is 69.7 Å². The zero-order valence-electron chi connectivity index (χ0n) is 22.9. The Morgan fingerprint density at radius 1 is 0.690 bits per heavy atom. The second-order valence-electron chi connectivity index (χ2n) is 9.97. The maximum absolute atomic E-state index is 12.9. The van der Waals surface area contributed by atoms with Crippen molar-refractivity contribution < 1.29 is 9.59 Å². The van der Waals surface area contributed by atoms with Crippen molar-refractivity contribution in [3.8, 4) is 0 Å². The van der Waals surface area contributed by atoms with Crippen LogP contribution in [0, 0.1) is 10.8 Å². The van der Waals surface area contributed by atoms with Gasteiger partial charge in [0, 0.05) is 37.6 Å². The van der Waals surface area contributed by atoms with Crippen LogP contribution in [0.25, 0.3) is 11.1 Å². The molecule has 2 aliphatic heterocycles. The molecular weight excluding hydrogens is 532 g/mol. The molecule has 3 aromatic rings. The molecule has 0 saturated heterocycles. The van der Waals surface area contributed by atoms with Crippen molar-refractivity contribution in [2.75, 3.05) is 36.8 Å². The fourth-order valence-corrected chi connectivity index (χ4v) is 4.81. The molecule has 0 unspecified atom stereocenters. The first kappa shape index (κ1) is 28.0. The van der Waals surface area contributed by atoms with Crippen molar-refractivity contribution in [2.24, 2.45) is 11.5 Å². The van der Waals surface area contributed by atoms with Gasteiger partial charge >= 0.3 is 0 Å². The maximum atomic E-state index is 12.9. The lowest BCUT2D eigenvalue weighted by atomic mass is 9.99. The molecule has 2 amide bonds. The zero-order valence-corrected chi connectivity index (χ0v) is 22.9. The summed E-state index contributed by atoms with van der Waals surface area (Å²) in [5.74, 6) is -0.820. The average Bonchev–Trinajstić information content (AvgIpc) is 3.02. The highest BCUT2D eigenvalue weighted by Gasteiger charge is 2.17. The minimum atomic E-state index is -0.479. The molecule has 12 nitrogen and oxygen atoms in total. The van der Waals surface area contributed by atoms with E-state index in [-0.39, 0.29) is 23.3 Å². The van der Waals surface area contributed by atoms with Gasteiger partial charge in [-0.05, 0) is 59.4 Å². The van der Waals surface area contributed by atoms with E-state index in [1.165, 1.54) is 12.4 Å². The zero-order chi connectivity index (χ0) is 29.6. The number of benzene rings is 2. The lowest BCUT2D eigenvalue weighted by Crippen LogP contribution is -2.39. The molecule has 0 fully saturated rings. The fraction of sp³-hybridized carbons (Fsp3) is 0.200. The topological polar surface area (TPSA) is 190 Å². The van der Waals surface area contributed by atoms with Gasteiger partial charge in [0.2, 0.25) is 0 Å². The standard InChI is InChI=1S/C30H32N10O2/c31-29(32)39-13-9-21(10-14-39)19-1-5-23(6-2-19)36-27(41)25-17-35-18-26(38-25)28(42)37-24-7-3-20(4-8-24)22-11-15-40(16-12-22)30(33)34/h1-9,11,17-18H,10,12-16H2,(H3,31,32)(H3,33,34)(H,36,41)(H,37,42). The molecule has 214 valence electrons. The van der Waals surface area contributed by atoms with Crippen molar-refractivity contribution in [1.82, 2.24) is 19.8 Å². The smallest absolute Gasteiger partial charge is 0.275 e. The van der Waals surface area contributed by atoms with Crippen LogP contribution < -0.4 is 22.1 Å². The molecule has 0 saturated carbocycles. The van der Waals surface area contributed by atoms with Crippen LogP contribution in [0.4, 0.5) is 11.4 Å². The van der Waals surface area contributed by atoms with Crippen LogP contribution in [0.3, 0.4) is 0 Å². The number of nitrogens with zero attached hydrogens (tertiary/aromatic N) is 4. The predicted molar refractivity (Wildman–Crippen MR) is 163 cm³/mol. The number of carbonyl (C=O) groups is 2. The first-order chi connectivity index (χ1) is 20.3. The van der Waals surface area contributed by atoms with E-state index >= 15 is 0 Å². The van der Waals surface area contributed by atoms with Gasteiger partial charge in [0.1, 0.15) is 11.4 Å². The van der Waals surface area contributed by atoms with E-state index in [0.717, 1.165) is 35.1 Å². The van der Waals surface area contributed by atoms with E-state index in [1.54, 1.807) is 9.80 Å². The van der Waals surface area contributed by atoms with Crippen LogP contribution in [0.15, 0.2) is 73.1 Å². The number of amides is 2. The fourth-order valence-electron chi connectivity index (χ4n) is 4.81. The van der Waals surface area contributed by atoms with Gasteiger partial charge in [-0.1, -0.05) is 36.4 Å². The molecule has 2 aliphatic rings. The Morgan fingerprint density at radius 3 is 1.43 bits per heavy atom. The van der Waals surface area contributed by atoms with E-state index in [9.17, 15) is 9.59 Å². The van der Waals surface area contributed by atoms with E-state index in [1.807, 2.05) is 48.5 Å². The first-order valence-electron chi connectivity index (χ1n) is 13.5. The molecule has 1 aromatic heterocycles. The van der Waals surface area contributed by atoms with E-state index in [2.05, 4.69) is 32.8 Å². The quantitative estimate of drug-likeness (QED) is 0.194. The number of guanidine groups is 2. The third kappa shape index (κ3) is 6.61. The van der Waals surface area contributed by atoms with Crippen LogP contribution >= 0.6 is 0 Å². The SMILES string of the molecule is N=C(N)N1CC=C(c2ccc(NC(=O)c3cncc(C(=O)Nc4ccc(C5=CCN(C(=N)N)CC5)cc4)n3)cc2)CC1. The van der Waals surface area contributed by atoms with Gasteiger partial charge < -0.3 is 31.9 Å². The number of nitrogens with one attached hydrogen (secondary N) is 4. The number of nitrogens with two attached hydrogens (primary N) is 2. The number of rotatable bonds is 6. The molecule has 0 atom stereocenters. The second kappa shape index (κ2) is 12.3. The summed E-state index contributed by atoms with van der Waals surface area (Å²) >= 11 is 0. The predicted octanol–water partition coefficient (Wildman–Crippen LogP) is 2.95. The Bertz CT molecular complexity index is 1460. The molecular formula is C30H32N10O2. The molecule has 2 aromatic carbocycles. The van der Waals surface area contributed by atoms with Crippen LogP contribution in [0.1, 0.15) is 44.9 Å². The molecule has 0 aliphatic carbocycles. The van der Waals surface area contributed by atoms with Gasteiger partial charge in [-0.3, -0.25) is 25.4 Å².